The normalized spacial score (nSPS) is 8.93. The van der Waals surface area contributed by atoms with Gasteiger partial charge in [-0.25, -0.2) is 9.78 Å². The standard InChI is InChI=1S/C8H5FN2O3/c1-13-8(12)6-3-2-5(4-10)7(11-6)14-9/h2-3H,1H3. The van der Waals surface area contributed by atoms with Gasteiger partial charge >= 0.3 is 5.97 Å². The molecule has 1 heterocycles. The molecule has 0 aliphatic rings. The van der Waals surface area contributed by atoms with E-state index in [1.807, 2.05) is 0 Å². The third-order valence-electron chi connectivity index (χ3n) is 1.45. The molecule has 0 aliphatic carbocycles. The number of aromatic nitrogens is 1. The number of pyridine rings is 1. The summed E-state index contributed by atoms with van der Waals surface area (Å²) in [5.41, 5.74) is -0.223. The van der Waals surface area contributed by atoms with Crippen LogP contribution < -0.4 is 4.94 Å². The zero-order chi connectivity index (χ0) is 10.6. The van der Waals surface area contributed by atoms with Crippen LogP contribution in [0.2, 0.25) is 0 Å². The maximum absolute atomic E-state index is 11.9. The SMILES string of the molecule is COC(=O)c1ccc(C#N)c(OF)n1. The molecule has 0 N–H and O–H groups in total. The van der Waals surface area contributed by atoms with Crippen LogP contribution in [0.1, 0.15) is 16.1 Å². The summed E-state index contributed by atoms with van der Waals surface area (Å²) < 4.78 is 16.2. The van der Waals surface area contributed by atoms with Crippen LogP contribution in [0, 0.1) is 11.3 Å². The van der Waals surface area contributed by atoms with E-state index in [4.69, 9.17) is 5.26 Å². The maximum atomic E-state index is 11.9. The molecule has 0 saturated carbocycles. The summed E-state index contributed by atoms with van der Waals surface area (Å²) >= 11 is 0. The molecule has 0 spiro atoms. The highest BCUT2D eigenvalue weighted by Gasteiger charge is 2.12. The third-order valence-corrected chi connectivity index (χ3v) is 1.45. The Morgan fingerprint density at radius 2 is 2.36 bits per heavy atom. The van der Waals surface area contributed by atoms with Crippen molar-refractivity contribution >= 4 is 5.97 Å². The Morgan fingerprint density at radius 1 is 1.64 bits per heavy atom. The Hall–Kier alpha value is -2.16. The Kier molecular flexibility index (Phi) is 2.97. The number of nitriles is 1. The number of nitrogens with zero attached hydrogens (tertiary/aromatic N) is 2. The fourth-order valence-electron chi connectivity index (χ4n) is 0.803. The molecule has 1 aromatic heterocycles. The van der Waals surface area contributed by atoms with Crippen molar-refractivity contribution in [3.05, 3.63) is 23.4 Å². The molecule has 0 radical (unpaired) electrons. The molecule has 0 fully saturated rings. The molecule has 0 aromatic carbocycles. The quantitative estimate of drug-likeness (QED) is 0.660. The minimum Gasteiger partial charge on any atom is -0.464 e. The first-order valence-corrected chi connectivity index (χ1v) is 3.51. The number of carbonyl (C=O) groups excluding carboxylic acids is 1. The maximum Gasteiger partial charge on any atom is 0.356 e. The molecule has 1 aromatic rings. The predicted molar refractivity (Wildman–Crippen MR) is 42.0 cm³/mol. The second kappa shape index (κ2) is 4.18. The van der Waals surface area contributed by atoms with Gasteiger partial charge in [-0.2, -0.15) is 5.26 Å². The second-order valence-corrected chi connectivity index (χ2v) is 2.23. The van der Waals surface area contributed by atoms with Gasteiger partial charge in [-0.1, -0.05) is 0 Å². The minimum absolute atomic E-state index is 0.0971. The van der Waals surface area contributed by atoms with E-state index in [1.165, 1.54) is 12.1 Å². The summed E-state index contributed by atoms with van der Waals surface area (Å²) in [7, 11) is 1.16. The van der Waals surface area contributed by atoms with Gasteiger partial charge < -0.3 is 4.74 Å². The topological polar surface area (TPSA) is 72.2 Å². The van der Waals surface area contributed by atoms with Gasteiger partial charge in [-0.15, -0.1) is 0 Å². The van der Waals surface area contributed by atoms with Crippen LogP contribution in [0.4, 0.5) is 4.53 Å². The van der Waals surface area contributed by atoms with Crippen LogP contribution in [0.15, 0.2) is 12.1 Å². The Balaban J connectivity index is 3.15. The van der Waals surface area contributed by atoms with Crippen molar-refractivity contribution in [1.82, 2.24) is 4.98 Å². The van der Waals surface area contributed by atoms with Gasteiger partial charge in [-0.3, -0.25) is 4.94 Å². The third kappa shape index (κ3) is 1.77. The molecule has 0 bridgehead atoms. The highest BCUT2D eigenvalue weighted by atomic mass is 19.3. The number of methoxy groups -OCH3 is 1. The molecule has 0 aliphatic heterocycles. The van der Waals surface area contributed by atoms with E-state index in [1.54, 1.807) is 6.07 Å². The van der Waals surface area contributed by atoms with Gasteiger partial charge in [0, 0.05) is 4.53 Å². The van der Waals surface area contributed by atoms with E-state index in [-0.39, 0.29) is 11.3 Å². The molecule has 0 atom stereocenters. The Bertz CT molecular complexity index is 400. The van der Waals surface area contributed by atoms with Crippen LogP contribution in [0.25, 0.3) is 0 Å². The summed E-state index contributed by atoms with van der Waals surface area (Å²) in [6, 6.07) is 4.11. The molecule has 1 rings (SSSR count). The van der Waals surface area contributed by atoms with Gasteiger partial charge in [0.1, 0.15) is 11.6 Å². The van der Waals surface area contributed by atoms with Crippen LogP contribution in [0.3, 0.4) is 0 Å². The lowest BCUT2D eigenvalue weighted by atomic mass is 10.2. The van der Waals surface area contributed by atoms with Crippen molar-refractivity contribution in [1.29, 1.82) is 5.26 Å². The molecule has 0 amide bonds. The second-order valence-electron chi connectivity index (χ2n) is 2.23. The van der Waals surface area contributed by atoms with Crippen LogP contribution in [-0.2, 0) is 4.74 Å². The van der Waals surface area contributed by atoms with Gasteiger partial charge in [-0.05, 0) is 12.1 Å². The number of esters is 1. The summed E-state index contributed by atoms with van der Waals surface area (Å²) in [4.78, 5) is 17.7. The van der Waals surface area contributed by atoms with E-state index in [2.05, 4.69) is 14.7 Å². The molecule has 72 valence electrons. The lowest BCUT2D eigenvalue weighted by Gasteiger charge is -2.00. The van der Waals surface area contributed by atoms with Crippen LogP contribution in [0.5, 0.6) is 5.88 Å². The summed E-state index contributed by atoms with van der Waals surface area (Å²) in [5, 5.41) is 8.48. The highest BCUT2D eigenvalue weighted by Crippen LogP contribution is 2.15. The number of ether oxygens (including phenoxy) is 1. The van der Waals surface area contributed by atoms with Crippen molar-refractivity contribution in [2.75, 3.05) is 7.11 Å². The fourth-order valence-corrected chi connectivity index (χ4v) is 0.803. The smallest absolute Gasteiger partial charge is 0.356 e. The van der Waals surface area contributed by atoms with Gasteiger partial charge in [0.15, 0.2) is 5.69 Å². The Morgan fingerprint density at radius 3 is 2.86 bits per heavy atom. The molecular weight excluding hydrogens is 191 g/mol. The van der Waals surface area contributed by atoms with Crippen LogP contribution >= 0.6 is 0 Å². The minimum atomic E-state index is -0.729. The first kappa shape index (κ1) is 9.92. The van der Waals surface area contributed by atoms with Crippen molar-refractivity contribution in [3.8, 4) is 11.9 Å². The average Bonchev–Trinajstić information content (AvgIpc) is 2.26. The van der Waals surface area contributed by atoms with Gasteiger partial charge in [0.25, 0.3) is 5.88 Å². The average molecular weight is 196 g/mol. The number of hydrogen-bond acceptors (Lipinski definition) is 5. The molecule has 0 saturated heterocycles. The van der Waals surface area contributed by atoms with E-state index in [9.17, 15) is 9.32 Å². The zero-order valence-electron chi connectivity index (χ0n) is 7.15. The summed E-state index contributed by atoms with van der Waals surface area (Å²) in [6.07, 6.45) is 0. The zero-order valence-corrected chi connectivity index (χ0v) is 7.15. The lowest BCUT2D eigenvalue weighted by molar-refractivity contribution is -0.0125. The van der Waals surface area contributed by atoms with E-state index in [0.29, 0.717) is 0 Å². The number of carbonyl (C=O) groups is 1. The van der Waals surface area contributed by atoms with Crippen LogP contribution in [-0.4, -0.2) is 18.1 Å². The molecule has 5 nitrogen and oxygen atoms in total. The lowest BCUT2D eigenvalue weighted by Crippen LogP contribution is -2.05. The molecule has 0 unspecified atom stereocenters. The summed E-state index contributed by atoms with van der Waals surface area (Å²) in [5.74, 6) is -1.27. The number of halogens is 1. The first-order chi connectivity index (χ1) is 6.72. The predicted octanol–water partition coefficient (Wildman–Crippen LogP) is 1.00. The summed E-state index contributed by atoms with van der Waals surface area (Å²) in [6.45, 7) is 0. The first-order valence-electron chi connectivity index (χ1n) is 3.51. The molecule has 14 heavy (non-hydrogen) atoms. The van der Waals surface area contributed by atoms with Crippen molar-refractivity contribution in [2.24, 2.45) is 0 Å². The molecular formula is C8H5FN2O3. The highest BCUT2D eigenvalue weighted by molar-refractivity contribution is 5.87. The van der Waals surface area contributed by atoms with Crippen molar-refractivity contribution in [2.45, 2.75) is 0 Å². The van der Waals surface area contributed by atoms with E-state index in [0.717, 1.165) is 7.11 Å². The van der Waals surface area contributed by atoms with Crippen molar-refractivity contribution in [3.63, 3.8) is 0 Å². The molecule has 6 heteroatoms. The fraction of sp³-hybridized carbons (Fsp3) is 0.125. The number of hydrogen-bond donors (Lipinski definition) is 0. The van der Waals surface area contributed by atoms with E-state index < -0.39 is 11.8 Å². The van der Waals surface area contributed by atoms with E-state index >= 15 is 0 Å². The largest absolute Gasteiger partial charge is 0.464 e. The monoisotopic (exact) mass is 196 g/mol. The van der Waals surface area contributed by atoms with Crippen molar-refractivity contribution < 1.29 is 19.0 Å². The van der Waals surface area contributed by atoms with Gasteiger partial charge in [0.05, 0.1) is 7.11 Å². The number of rotatable bonds is 2. The van der Waals surface area contributed by atoms with Gasteiger partial charge in [0.2, 0.25) is 0 Å². The Labute approximate surface area is 78.6 Å².